The van der Waals surface area contributed by atoms with Crippen LogP contribution in [0.15, 0.2) is 35.5 Å². The molecule has 1 saturated carbocycles. The summed E-state index contributed by atoms with van der Waals surface area (Å²) >= 11 is 1.45. The van der Waals surface area contributed by atoms with E-state index in [-0.39, 0.29) is 11.8 Å². The highest BCUT2D eigenvalue weighted by atomic mass is 32.2. The first-order valence-electron chi connectivity index (χ1n) is 10.4. The molecular weight excluding hydrogens is 400 g/mol. The van der Waals surface area contributed by atoms with Gasteiger partial charge in [-0.3, -0.25) is 19.1 Å². The Labute approximate surface area is 181 Å². The largest absolute Gasteiger partial charge is 0.348 e. The van der Waals surface area contributed by atoms with Gasteiger partial charge in [0.25, 0.3) is 0 Å². The molecule has 2 aromatic rings. The maximum Gasteiger partial charge on any atom is 0.236 e. The van der Waals surface area contributed by atoms with Gasteiger partial charge in [0.1, 0.15) is 5.82 Å². The number of hydrogen-bond acceptors (Lipinski definition) is 6. The lowest BCUT2D eigenvalue weighted by Gasteiger charge is -2.34. The molecular formula is C21H28N6O2S. The van der Waals surface area contributed by atoms with E-state index in [0.29, 0.717) is 31.3 Å². The van der Waals surface area contributed by atoms with Crippen molar-refractivity contribution in [2.24, 2.45) is 0 Å². The average molecular weight is 429 g/mol. The molecule has 0 unspecified atom stereocenters. The molecule has 1 aliphatic carbocycles. The van der Waals surface area contributed by atoms with Crippen LogP contribution in [-0.4, -0.2) is 93.9 Å². The van der Waals surface area contributed by atoms with Crippen LogP contribution in [0, 0.1) is 0 Å². The molecule has 0 N–H and O–H groups in total. The topological polar surface area (TPSA) is 74.6 Å². The fraction of sp³-hybridized carbons (Fsp3) is 0.524. The van der Waals surface area contributed by atoms with Crippen molar-refractivity contribution in [1.82, 2.24) is 29.5 Å². The van der Waals surface area contributed by atoms with Crippen molar-refractivity contribution in [3.05, 3.63) is 36.2 Å². The standard InChI is InChI=1S/C21H28N6O2S/c1-24(2)18(28)14-25-10-12-26(13-11-25)19(29)15-30-21-23-22-20(16-8-9-16)27(21)17-6-4-3-5-7-17/h3-7,16H,8-15H2,1-2H3. The highest BCUT2D eigenvalue weighted by Gasteiger charge is 2.31. The molecule has 1 aromatic carbocycles. The summed E-state index contributed by atoms with van der Waals surface area (Å²) in [6.07, 6.45) is 2.30. The molecule has 2 aliphatic rings. The summed E-state index contributed by atoms with van der Waals surface area (Å²) < 4.78 is 2.10. The summed E-state index contributed by atoms with van der Waals surface area (Å²) in [6.45, 7) is 3.16. The van der Waals surface area contributed by atoms with Crippen LogP contribution in [0.5, 0.6) is 0 Å². The SMILES string of the molecule is CN(C)C(=O)CN1CCN(C(=O)CSc2nnc(C3CC3)n2-c2ccccc2)CC1. The Morgan fingerprint density at radius 1 is 1.07 bits per heavy atom. The molecule has 1 aliphatic heterocycles. The van der Waals surface area contributed by atoms with E-state index in [4.69, 9.17) is 0 Å². The minimum atomic E-state index is 0.0945. The third kappa shape index (κ3) is 4.84. The monoisotopic (exact) mass is 428 g/mol. The zero-order chi connectivity index (χ0) is 21.1. The van der Waals surface area contributed by atoms with Gasteiger partial charge in [-0.15, -0.1) is 10.2 Å². The zero-order valence-electron chi connectivity index (χ0n) is 17.5. The summed E-state index contributed by atoms with van der Waals surface area (Å²) in [5.41, 5.74) is 1.04. The number of para-hydroxylation sites is 1. The van der Waals surface area contributed by atoms with E-state index < -0.39 is 0 Å². The molecule has 0 bridgehead atoms. The molecule has 0 spiro atoms. The van der Waals surface area contributed by atoms with Crippen LogP contribution in [0.2, 0.25) is 0 Å². The van der Waals surface area contributed by atoms with E-state index in [9.17, 15) is 9.59 Å². The molecule has 160 valence electrons. The number of carbonyl (C=O) groups excluding carboxylic acids is 2. The lowest BCUT2D eigenvalue weighted by Crippen LogP contribution is -2.51. The number of benzene rings is 1. The van der Waals surface area contributed by atoms with E-state index >= 15 is 0 Å². The maximum absolute atomic E-state index is 12.8. The van der Waals surface area contributed by atoms with Gasteiger partial charge in [0.15, 0.2) is 5.16 Å². The van der Waals surface area contributed by atoms with E-state index in [1.807, 2.05) is 23.1 Å². The second-order valence-corrected chi connectivity index (χ2v) is 8.96. The first-order valence-corrected chi connectivity index (χ1v) is 11.4. The average Bonchev–Trinajstić information content (AvgIpc) is 3.52. The smallest absolute Gasteiger partial charge is 0.236 e. The zero-order valence-corrected chi connectivity index (χ0v) is 18.3. The summed E-state index contributed by atoms with van der Waals surface area (Å²) in [7, 11) is 3.53. The van der Waals surface area contributed by atoms with E-state index in [2.05, 4.69) is 31.8 Å². The number of piperazine rings is 1. The lowest BCUT2D eigenvalue weighted by atomic mass is 10.3. The Hall–Kier alpha value is -2.39. The Morgan fingerprint density at radius 3 is 2.40 bits per heavy atom. The van der Waals surface area contributed by atoms with E-state index in [1.54, 1.807) is 19.0 Å². The maximum atomic E-state index is 12.8. The Balaban J connectivity index is 1.34. The Morgan fingerprint density at radius 2 is 1.77 bits per heavy atom. The van der Waals surface area contributed by atoms with Gasteiger partial charge in [-0.1, -0.05) is 30.0 Å². The molecule has 2 heterocycles. The van der Waals surface area contributed by atoms with Crippen LogP contribution >= 0.6 is 11.8 Å². The molecule has 4 rings (SSSR count). The predicted molar refractivity (Wildman–Crippen MR) is 116 cm³/mol. The number of nitrogens with zero attached hydrogens (tertiary/aromatic N) is 6. The molecule has 0 radical (unpaired) electrons. The van der Waals surface area contributed by atoms with Gasteiger partial charge in [0.05, 0.1) is 12.3 Å². The molecule has 2 amide bonds. The van der Waals surface area contributed by atoms with Gasteiger partial charge in [-0.2, -0.15) is 0 Å². The molecule has 1 aromatic heterocycles. The summed E-state index contributed by atoms with van der Waals surface area (Å²) in [4.78, 5) is 30.2. The quantitative estimate of drug-likeness (QED) is 0.622. The van der Waals surface area contributed by atoms with Crippen molar-refractivity contribution in [3.63, 3.8) is 0 Å². The van der Waals surface area contributed by atoms with Gasteiger partial charge >= 0.3 is 0 Å². The van der Waals surface area contributed by atoms with Crippen LogP contribution in [0.25, 0.3) is 5.69 Å². The number of amides is 2. The van der Waals surface area contributed by atoms with Gasteiger partial charge in [0, 0.05) is 51.9 Å². The molecule has 30 heavy (non-hydrogen) atoms. The van der Waals surface area contributed by atoms with Crippen LogP contribution in [0.4, 0.5) is 0 Å². The predicted octanol–water partition coefficient (Wildman–Crippen LogP) is 1.47. The van der Waals surface area contributed by atoms with Crippen LogP contribution < -0.4 is 0 Å². The molecule has 9 heteroatoms. The van der Waals surface area contributed by atoms with Crippen molar-refractivity contribution in [2.45, 2.75) is 23.9 Å². The van der Waals surface area contributed by atoms with Crippen LogP contribution in [0.3, 0.4) is 0 Å². The number of thioether (sulfide) groups is 1. The Bertz CT molecular complexity index is 888. The summed E-state index contributed by atoms with van der Waals surface area (Å²) in [5.74, 6) is 2.01. The van der Waals surface area contributed by atoms with Crippen molar-refractivity contribution < 1.29 is 9.59 Å². The van der Waals surface area contributed by atoms with Gasteiger partial charge in [-0.05, 0) is 25.0 Å². The number of aromatic nitrogens is 3. The van der Waals surface area contributed by atoms with Crippen molar-refractivity contribution in [3.8, 4) is 5.69 Å². The van der Waals surface area contributed by atoms with Crippen LogP contribution in [0.1, 0.15) is 24.6 Å². The number of likely N-dealkylation sites (N-methyl/N-ethyl adjacent to an activating group) is 1. The minimum absolute atomic E-state index is 0.0945. The van der Waals surface area contributed by atoms with Crippen LogP contribution in [-0.2, 0) is 9.59 Å². The number of carbonyl (C=O) groups is 2. The number of hydrogen-bond donors (Lipinski definition) is 0. The second kappa shape index (κ2) is 9.18. The second-order valence-electron chi connectivity index (χ2n) is 8.02. The fourth-order valence-electron chi connectivity index (χ4n) is 3.51. The molecule has 2 fully saturated rings. The lowest BCUT2D eigenvalue weighted by molar-refractivity contribution is -0.132. The Kier molecular flexibility index (Phi) is 6.38. The minimum Gasteiger partial charge on any atom is -0.348 e. The van der Waals surface area contributed by atoms with Gasteiger partial charge < -0.3 is 9.80 Å². The summed E-state index contributed by atoms with van der Waals surface area (Å²) in [6, 6.07) is 10.1. The third-order valence-electron chi connectivity index (χ3n) is 5.52. The van der Waals surface area contributed by atoms with Crippen molar-refractivity contribution in [2.75, 3.05) is 52.6 Å². The third-order valence-corrected chi connectivity index (χ3v) is 6.44. The number of rotatable bonds is 7. The first kappa shape index (κ1) is 20.9. The van der Waals surface area contributed by atoms with Gasteiger partial charge in [-0.25, -0.2) is 0 Å². The molecule has 0 atom stereocenters. The van der Waals surface area contributed by atoms with Crippen molar-refractivity contribution in [1.29, 1.82) is 0 Å². The van der Waals surface area contributed by atoms with Gasteiger partial charge in [0.2, 0.25) is 11.8 Å². The van der Waals surface area contributed by atoms with E-state index in [1.165, 1.54) is 11.8 Å². The molecule has 1 saturated heterocycles. The molecule has 8 nitrogen and oxygen atoms in total. The highest BCUT2D eigenvalue weighted by Crippen LogP contribution is 2.41. The van der Waals surface area contributed by atoms with Crippen molar-refractivity contribution >= 4 is 23.6 Å². The summed E-state index contributed by atoms with van der Waals surface area (Å²) in [5, 5.41) is 9.58. The normalized spacial score (nSPS) is 17.2. The van der Waals surface area contributed by atoms with E-state index in [0.717, 1.165) is 42.6 Å². The first-order chi connectivity index (χ1) is 14.5. The fourth-order valence-corrected chi connectivity index (χ4v) is 4.37. The highest BCUT2D eigenvalue weighted by molar-refractivity contribution is 7.99.